The summed E-state index contributed by atoms with van der Waals surface area (Å²) < 4.78 is 0. The number of fused-ring (bicyclic) bond motifs is 1. The molecule has 0 bridgehead atoms. The van der Waals surface area contributed by atoms with E-state index in [4.69, 9.17) is 0 Å². The Bertz CT molecular complexity index is 633. The van der Waals surface area contributed by atoms with Gasteiger partial charge < -0.3 is 15.1 Å². The molecule has 3 aliphatic rings. The number of carbonyl (C=O) groups excluding carboxylic acids is 2. The van der Waals surface area contributed by atoms with Crippen molar-refractivity contribution >= 4 is 24.2 Å². The SMILES string of the molecule is Cl.O=C(CN1Cc2ccccc2C1=O)N1CCC2(CCNC2)CC1. The van der Waals surface area contributed by atoms with Gasteiger partial charge in [0.1, 0.15) is 6.54 Å². The lowest BCUT2D eigenvalue weighted by Crippen LogP contribution is -2.47. The predicted octanol–water partition coefficient (Wildman–Crippen LogP) is 1.67. The molecule has 5 nitrogen and oxygen atoms in total. The Kier molecular flexibility index (Phi) is 4.83. The highest BCUT2D eigenvalue weighted by atomic mass is 35.5. The van der Waals surface area contributed by atoms with Crippen molar-refractivity contribution in [3.63, 3.8) is 0 Å². The molecule has 0 unspecified atom stereocenters. The number of hydrogen-bond acceptors (Lipinski definition) is 3. The first-order valence-corrected chi connectivity index (χ1v) is 8.53. The van der Waals surface area contributed by atoms with E-state index in [1.54, 1.807) is 4.90 Å². The first-order chi connectivity index (χ1) is 11.2. The third kappa shape index (κ3) is 3.03. The van der Waals surface area contributed by atoms with Crippen LogP contribution in [0, 0.1) is 5.41 Å². The quantitative estimate of drug-likeness (QED) is 0.883. The molecule has 2 fully saturated rings. The van der Waals surface area contributed by atoms with Gasteiger partial charge in [0.05, 0.1) is 0 Å². The van der Waals surface area contributed by atoms with Gasteiger partial charge in [-0.3, -0.25) is 9.59 Å². The molecule has 3 aliphatic heterocycles. The van der Waals surface area contributed by atoms with Crippen molar-refractivity contribution in [3.8, 4) is 0 Å². The van der Waals surface area contributed by atoms with Crippen LogP contribution in [0.3, 0.4) is 0 Å². The molecule has 130 valence electrons. The van der Waals surface area contributed by atoms with Crippen LogP contribution in [0.4, 0.5) is 0 Å². The number of carbonyl (C=O) groups is 2. The second-order valence-electron chi connectivity index (χ2n) is 7.13. The fourth-order valence-electron chi connectivity index (χ4n) is 4.16. The molecule has 6 heteroatoms. The number of rotatable bonds is 2. The van der Waals surface area contributed by atoms with Crippen LogP contribution in [0.2, 0.25) is 0 Å². The molecule has 2 saturated heterocycles. The maximum Gasteiger partial charge on any atom is 0.254 e. The molecular weight excluding hydrogens is 326 g/mol. The van der Waals surface area contributed by atoms with Crippen molar-refractivity contribution < 1.29 is 9.59 Å². The Labute approximate surface area is 148 Å². The van der Waals surface area contributed by atoms with Crippen molar-refractivity contribution in [2.75, 3.05) is 32.7 Å². The molecule has 0 saturated carbocycles. The first-order valence-electron chi connectivity index (χ1n) is 8.53. The molecule has 0 aliphatic carbocycles. The summed E-state index contributed by atoms with van der Waals surface area (Å²) in [6, 6.07) is 7.63. The van der Waals surface area contributed by atoms with Gasteiger partial charge in [0, 0.05) is 31.7 Å². The first kappa shape index (κ1) is 17.2. The topological polar surface area (TPSA) is 52.7 Å². The minimum Gasteiger partial charge on any atom is -0.341 e. The largest absolute Gasteiger partial charge is 0.341 e. The van der Waals surface area contributed by atoms with Crippen LogP contribution in [-0.4, -0.2) is 54.3 Å². The molecule has 4 rings (SSSR count). The average Bonchev–Trinajstić information content (AvgIpc) is 3.14. The molecule has 1 aromatic rings. The Balaban J connectivity index is 0.00000169. The van der Waals surface area contributed by atoms with Gasteiger partial charge in [-0.15, -0.1) is 12.4 Å². The molecule has 1 N–H and O–H groups in total. The molecule has 1 aromatic carbocycles. The number of nitrogens with zero attached hydrogens (tertiary/aromatic N) is 2. The highest BCUT2D eigenvalue weighted by Gasteiger charge is 2.38. The Hall–Kier alpha value is -1.59. The molecule has 0 atom stereocenters. The molecule has 3 heterocycles. The molecule has 1 spiro atoms. The lowest BCUT2D eigenvalue weighted by atomic mass is 9.78. The van der Waals surface area contributed by atoms with Crippen LogP contribution >= 0.6 is 12.4 Å². The smallest absolute Gasteiger partial charge is 0.254 e. The number of benzene rings is 1. The van der Waals surface area contributed by atoms with Crippen molar-refractivity contribution in [3.05, 3.63) is 35.4 Å². The lowest BCUT2D eigenvalue weighted by molar-refractivity contribution is -0.134. The van der Waals surface area contributed by atoms with Gasteiger partial charge in [-0.1, -0.05) is 18.2 Å². The number of likely N-dealkylation sites (tertiary alicyclic amines) is 1. The summed E-state index contributed by atoms with van der Waals surface area (Å²) in [5.41, 5.74) is 2.19. The van der Waals surface area contributed by atoms with Crippen molar-refractivity contribution in [1.29, 1.82) is 0 Å². The number of amides is 2. The zero-order valence-corrected chi connectivity index (χ0v) is 14.6. The Morgan fingerprint density at radius 3 is 2.58 bits per heavy atom. The van der Waals surface area contributed by atoms with E-state index in [9.17, 15) is 9.59 Å². The molecule has 2 amide bonds. The third-order valence-electron chi connectivity index (χ3n) is 5.73. The van der Waals surface area contributed by atoms with Crippen molar-refractivity contribution in [1.82, 2.24) is 15.1 Å². The summed E-state index contributed by atoms with van der Waals surface area (Å²) in [6.07, 6.45) is 3.40. The minimum atomic E-state index is -0.0116. The fourth-order valence-corrected chi connectivity index (χ4v) is 4.16. The maximum absolute atomic E-state index is 12.6. The van der Waals surface area contributed by atoms with Gasteiger partial charge in [-0.25, -0.2) is 0 Å². The van der Waals surface area contributed by atoms with Gasteiger partial charge in [0.2, 0.25) is 5.91 Å². The van der Waals surface area contributed by atoms with Gasteiger partial charge in [-0.05, 0) is 42.9 Å². The van der Waals surface area contributed by atoms with E-state index < -0.39 is 0 Å². The van der Waals surface area contributed by atoms with E-state index in [-0.39, 0.29) is 30.8 Å². The normalized spacial score (nSPS) is 21.8. The number of piperidine rings is 1. The highest BCUT2D eigenvalue weighted by Crippen LogP contribution is 2.37. The number of halogens is 1. The van der Waals surface area contributed by atoms with Gasteiger partial charge >= 0.3 is 0 Å². The molecular formula is C18H24ClN3O2. The van der Waals surface area contributed by atoms with Crippen molar-refractivity contribution in [2.24, 2.45) is 5.41 Å². The zero-order chi connectivity index (χ0) is 15.9. The summed E-state index contributed by atoms with van der Waals surface area (Å²) >= 11 is 0. The third-order valence-corrected chi connectivity index (χ3v) is 5.73. The van der Waals surface area contributed by atoms with Gasteiger partial charge in [0.15, 0.2) is 0 Å². The van der Waals surface area contributed by atoms with Crippen LogP contribution < -0.4 is 5.32 Å². The number of nitrogens with one attached hydrogen (secondary N) is 1. The summed E-state index contributed by atoms with van der Waals surface area (Å²) in [7, 11) is 0. The van der Waals surface area contributed by atoms with E-state index in [0.717, 1.165) is 50.1 Å². The van der Waals surface area contributed by atoms with Crippen LogP contribution in [0.15, 0.2) is 24.3 Å². The predicted molar refractivity (Wildman–Crippen MR) is 94.2 cm³/mol. The summed E-state index contributed by atoms with van der Waals surface area (Å²) in [5, 5.41) is 3.45. The Morgan fingerprint density at radius 2 is 1.92 bits per heavy atom. The highest BCUT2D eigenvalue weighted by molar-refractivity contribution is 6.00. The van der Waals surface area contributed by atoms with E-state index in [2.05, 4.69) is 5.32 Å². The van der Waals surface area contributed by atoms with Crippen LogP contribution in [0.5, 0.6) is 0 Å². The van der Waals surface area contributed by atoms with E-state index >= 15 is 0 Å². The lowest BCUT2D eigenvalue weighted by Gasteiger charge is -2.39. The summed E-state index contributed by atoms with van der Waals surface area (Å²) in [4.78, 5) is 28.6. The molecule has 0 aromatic heterocycles. The molecule has 0 radical (unpaired) electrons. The van der Waals surface area contributed by atoms with Gasteiger partial charge in [0.25, 0.3) is 5.91 Å². The summed E-state index contributed by atoms with van der Waals surface area (Å²) in [6.45, 7) is 4.62. The summed E-state index contributed by atoms with van der Waals surface area (Å²) in [5.74, 6) is 0.0781. The van der Waals surface area contributed by atoms with Crippen molar-refractivity contribution in [2.45, 2.75) is 25.8 Å². The van der Waals surface area contributed by atoms with Crippen LogP contribution in [0.25, 0.3) is 0 Å². The van der Waals surface area contributed by atoms with Crippen LogP contribution in [-0.2, 0) is 11.3 Å². The Morgan fingerprint density at radius 1 is 1.17 bits per heavy atom. The second-order valence-corrected chi connectivity index (χ2v) is 7.13. The standard InChI is InChI=1S/C18H23N3O2.ClH/c22-16(20-9-6-18(7-10-20)5-8-19-13-18)12-21-11-14-3-1-2-4-15(14)17(21)23;/h1-4,19H,5-13H2;1H. The van der Waals surface area contributed by atoms with Crippen LogP contribution in [0.1, 0.15) is 35.2 Å². The maximum atomic E-state index is 12.6. The minimum absolute atomic E-state index is 0. The van der Waals surface area contributed by atoms with E-state index in [1.807, 2.05) is 29.2 Å². The molecule has 24 heavy (non-hydrogen) atoms. The fraction of sp³-hybridized carbons (Fsp3) is 0.556. The van der Waals surface area contributed by atoms with Gasteiger partial charge in [-0.2, -0.15) is 0 Å². The second kappa shape index (κ2) is 6.73. The van der Waals surface area contributed by atoms with E-state index in [0.29, 0.717) is 12.0 Å². The monoisotopic (exact) mass is 349 g/mol. The zero-order valence-electron chi connectivity index (χ0n) is 13.8. The van der Waals surface area contributed by atoms with E-state index in [1.165, 1.54) is 6.42 Å². The number of hydrogen-bond donors (Lipinski definition) is 1. The average molecular weight is 350 g/mol.